The summed E-state index contributed by atoms with van der Waals surface area (Å²) in [6, 6.07) is 7.90. The topological polar surface area (TPSA) is 191 Å². The van der Waals surface area contributed by atoms with E-state index < -0.39 is 36.4 Å². The summed E-state index contributed by atoms with van der Waals surface area (Å²) in [7, 11) is 0. The Bertz CT molecular complexity index is 1580. The van der Waals surface area contributed by atoms with E-state index in [0.29, 0.717) is 0 Å². The van der Waals surface area contributed by atoms with E-state index in [4.69, 9.17) is 34.7 Å². The van der Waals surface area contributed by atoms with Crippen molar-refractivity contribution in [2.75, 3.05) is 5.32 Å². The maximum Gasteiger partial charge on any atom is 0.490 e. The van der Waals surface area contributed by atoms with Crippen LogP contribution in [0.2, 0.25) is 0 Å². The van der Waals surface area contributed by atoms with E-state index >= 15 is 0 Å². The number of nitrogens with zero attached hydrogens (tertiary/aromatic N) is 4. The summed E-state index contributed by atoms with van der Waals surface area (Å²) in [6.45, 7) is 2.03. The Morgan fingerprint density at radius 3 is 1.65 bits per heavy atom. The van der Waals surface area contributed by atoms with Gasteiger partial charge in [0.05, 0.1) is 17.6 Å². The Balaban J connectivity index is 0.000000289. The van der Waals surface area contributed by atoms with Crippen LogP contribution in [0.15, 0.2) is 55.2 Å². The Hall–Kier alpha value is -5.76. The van der Waals surface area contributed by atoms with Crippen molar-refractivity contribution in [3.8, 4) is 33.9 Å². The van der Waals surface area contributed by atoms with Crippen LogP contribution < -0.4 is 5.32 Å². The van der Waals surface area contributed by atoms with Gasteiger partial charge in [-0.15, -0.1) is 0 Å². The monoisotopic (exact) mass is 668 g/mol. The zero-order valence-electron chi connectivity index (χ0n) is 22.5. The number of aryl methyl sites for hydroxylation is 1. The van der Waals surface area contributed by atoms with Gasteiger partial charge in [0.2, 0.25) is 0 Å². The molecule has 0 unspecified atom stereocenters. The van der Waals surface area contributed by atoms with Gasteiger partial charge in [-0.25, -0.2) is 24.4 Å². The first-order chi connectivity index (χ1) is 21.1. The molecule has 1 aliphatic rings. The van der Waals surface area contributed by atoms with Crippen LogP contribution >= 0.6 is 0 Å². The molecule has 1 aliphatic heterocycles. The van der Waals surface area contributed by atoms with Crippen LogP contribution in [0.25, 0.3) is 33.9 Å². The number of carboxylic acid groups (broad SMARTS) is 3. The predicted octanol–water partition coefficient (Wildman–Crippen LogP) is 5.86. The van der Waals surface area contributed by atoms with Crippen LogP contribution in [0, 0.1) is 6.92 Å². The number of alkyl halides is 9. The van der Waals surface area contributed by atoms with Gasteiger partial charge in [-0.1, -0.05) is 0 Å². The molecule has 12 nitrogen and oxygen atoms in total. The minimum absolute atomic E-state index is 0.778. The number of aromatic nitrogens is 5. The highest BCUT2D eigenvalue weighted by Gasteiger charge is 2.39. The van der Waals surface area contributed by atoms with Crippen molar-refractivity contribution >= 4 is 29.4 Å². The molecule has 0 aromatic carbocycles. The normalized spacial score (nSPS) is 11.5. The summed E-state index contributed by atoms with van der Waals surface area (Å²) in [5, 5.41) is 24.7. The number of rotatable bonds is 1. The predicted molar refractivity (Wildman–Crippen MR) is 137 cm³/mol. The van der Waals surface area contributed by atoms with Gasteiger partial charge in [-0.3, -0.25) is 9.97 Å². The molecule has 4 aromatic heterocycles. The van der Waals surface area contributed by atoms with E-state index in [2.05, 4.69) is 25.3 Å². The van der Waals surface area contributed by atoms with E-state index in [-0.39, 0.29) is 0 Å². The first-order valence-electron chi connectivity index (χ1n) is 11.7. The maximum atomic E-state index is 10.6. The number of imidazole rings is 1. The quantitative estimate of drug-likeness (QED) is 0.134. The first kappa shape index (κ1) is 36.4. The molecule has 0 spiro atoms. The minimum Gasteiger partial charge on any atom is -0.475 e. The largest absolute Gasteiger partial charge is 0.490 e. The van der Waals surface area contributed by atoms with E-state index in [9.17, 15) is 39.5 Å². The molecule has 0 amide bonds. The van der Waals surface area contributed by atoms with Crippen LogP contribution in [0.5, 0.6) is 0 Å². The van der Waals surface area contributed by atoms with Crippen molar-refractivity contribution < 1.29 is 69.2 Å². The lowest BCUT2D eigenvalue weighted by atomic mass is 10.1. The number of H-pyrrole nitrogens is 1. The van der Waals surface area contributed by atoms with Crippen LogP contribution in [0.3, 0.4) is 0 Å². The number of pyridine rings is 3. The number of anilines is 2. The summed E-state index contributed by atoms with van der Waals surface area (Å²) < 4.78 is 95.2. The zero-order chi connectivity index (χ0) is 35.0. The lowest BCUT2D eigenvalue weighted by molar-refractivity contribution is -0.193. The third-order valence-corrected chi connectivity index (χ3v) is 5.11. The number of aromatic amines is 1. The van der Waals surface area contributed by atoms with Crippen molar-refractivity contribution in [1.82, 2.24) is 24.9 Å². The second kappa shape index (κ2) is 14.3. The number of aliphatic carboxylic acids is 3. The molecular formula is C25H17F9N6O6. The van der Waals surface area contributed by atoms with E-state index in [1.807, 2.05) is 37.4 Å². The molecule has 5 heterocycles. The van der Waals surface area contributed by atoms with Gasteiger partial charge in [-0.2, -0.15) is 39.5 Å². The fraction of sp³-hybridized carbons (Fsp3) is 0.160. The summed E-state index contributed by atoms with van der Waals surface area (Å²) in [5.41, 5.74) is 6.84. The zero-order valence-corrected chi connectivity index (χ0v) is 22.5. The number of fused-ring (bicyclic) bond motifs is 5. The van der Waals surface area contributed by atoms with Crippen molar-refractivity contribution in [2.24, 2.45) is 0 Å². The third kappa shape index (κ3) is 9.89. The molecule has 0 radical (unpaired) electrons. The Morgan fingerprint density at radius 2 is 1.17 bits per heavy atom. The number of hydrogen-bond acceptors (Lipinski definition) is 8. The van der Waals surface area contributed by atoms with Crippen LogP contribution in [0.1, 0.15) is 5.56 Å². The summed E-state index contributed by atoms with van der Waals surface area (Å²) in [6.07, 6.45) is -6.26. The molecule has 4 aromatic rings. The Kier molecular flexibility index (Phi) is 11.4. The summed E-state index contributed by atoms with van der Waals surface area (Å²) in [4.78, 5) is 48.0. The number of carboxylic acids is 3. The average molecular weight is 668 g/mol. The number of halogens is 9. The standard InChI is InChI=1S/C19H14N6.3C2HF3O2/c1-11-9-20-7-4-12(11)19-24-16-13-5-8-21-10-15(13)23-18-14(17(16)25-19)3-2-6-22-18;3*3-2(4,5)1(6)7/h2-10H,1H3,(H,22,23)(H,24,25);3*(H,6,7). The van der Waals surface area contributed by atoms with Crippen molar-refractivity contribution in [3.05, 3.63) is 60.8 Å². The molecule has 5 N–H and O–H groups in total. The van der Waals surface area contributed by atoms with Gasteiger partial charge in [0.15, 0.2) is 0 Å². The second-order valence-corrected chi connectivity index (χ2v) is 8.35. The Labute approximate surface area is 249 Å². The Morgan fingerprint density at radius 1 is 0.696 bits per heavy atom. The summed E-state index contributed by atoms with van der Waals surface area (Å²) in [5.74, 6) is -6.67. The molecule has 0 fully saturated rings. The highest BCUT2D eigenvalue weighted by Crippen LogP contribution is 2.42. The number of nitrogens with one attached hydrogen (secondary N) is 2. The SMILES string of the molecule is Cc1cnccc1-c1nc2c([nH]1)-c1ccncc1Nc1ncccc1-2.O=C(O)C(F)(F)F.O=C(O)C(F)(F)F.O=C(O)C(F)(F)F. The molecule has 0 bridgehead atoms. The lowest BCUT2D eigenvalue weighted by Crippen LogP contribution is -2.21. The highest BCUT2D eigenvalue weighted by molar-refractivity contribution is 5.95. The van der Waals surface area contributed by atoms with Gasteiger partial charge in [0, 0.05) is 41.5 Å². The van der Waals surface area contributed by atoms with Crippen molar-refractivity contribution in [1.29, 1.82) is 0 Å². The van der Waals surface area contributed by atoms with Crippen molar-refractivity contribution in [3.63, 3.8) is 0 Å². The van der Waals surface area contributed by atoms with Crippen LogP contribution in [-0.2, 0) is 14.4 Å². The molecule has 5 rings (SSSR count). The fourth-order valence-corrected chi connectivity index (χ4v) is 3.17. The fourth-order valence-electron chi connectivity index (χ4n) is 3.17. The van der Waals surface area contributed by atoms with E-state index in [1.165, 1.54) is 0 Å². The molecule has 0 saturated heterocycles. The van der Waals surface area contributed by atoms with Gasteiger partial charge >= 0.3 is 36.4 Å². The minimum atomic E-state index is -5.08. The smallest absolute Gasteiger partial charge is 0.475 e. The van der Waals surface area contributed by atoms with Gasteiger partial charge in [0.25, 0.3) is 0 Å². The molecule has 46 heavy (non-hydrogen) atoms. The van der Waals surface area contributed by atoms with E-state index in [1.54, 1.807) is 24.8 Å². The summed E-state index contributed by atoms with van der Waals surface area (Å²) >= 11 is 0. The molecular weight excluding hydrogens is 651 g/mol. The van der Waals surface area contributed by atoms with E-state index in [0.717, 1.165) is 51.0 Å². The van der Waals surface area contributed by atoms with Gasteiger partial charge < -0.3 is 25.6 Å². The van der Waals surface area contributed by atoms with Crippen LogP contribution in [-0.4, -0.2) is 76.7 Å². The lowest BCUT2D eigenvalue weighted by Gasteiger charge is -2.08. The molecule has 0 aliphatic carbocycles. The molecule has 21 heteroatoms. The average Bonchev–Trinajstić information content (AvgIpc) is 3.33. The van der Waals surface area contributed by atoms with Crippen molar-refractivity contribution in [2.45, 2.75) is 25.5 Å². The third-order valence-electron chi connectivity index (χ3n) is 5.11. The highest BCUT2D eigenvalue weighted by atomic mass is 19.4. The molecule has 246 valence electrons. The van der Waals surface area contributed by atoms with Gasteiger partial charge in [-0.05, 0) is 36.8 Å². The number of carbonyl (C=O) groups is 3. The maximum absolute atomic E-state index is 10.6. The van der Waals surface area contributed by atoms with Gasteiger partial charge in [0.1, 0.15) is 17.3 Å². The van der Waals surface area contributed by atoms with Crippen LogP contribution in [0.4, 0.5) is 51.0 Å². The molecule has 0 saturated carbocycles. The molecule has 0 atom stereocenters. The first-order valence-corrected chi connectivity index (χ1v) is 11.7. The second-order valence-electron chi connectivity index (χ2n) is 8.35. The number of hydrogen-bond donors (Lipinski definition) is 5.